The fraction of sp³-hybridized carbons (Fsp3) is 0.250. The molecule has 0 radical (unpaired) electrons. The van der Waals surface area contributed by atoms with Crippen molar-refractivity contribution in [1.29, 1.82) is 0 Å². The Hall–Kier alpha value is -2.23. The first kappa shape index (κ1) is 14.2. The molecule has 2 rings (SSSR count). The molecule has 0 aliphatic rings. The van der Waals surface area contributed by atoms with Crippen molar-refractivity contribution in [3.8, 4) is 0 Å². The normalized spacial score (nSPS) is 10.3. The molecule has 104 valence electrons. The summed E-state index contributed by atoms with van der Waals surface area (Å²) in [7, 11) is 0. The van der Waals surface area contributed by atoms with Gasteiger partial charge in [-0.15, -0.1) is 0 Å². The number of aromatic nitrogens is 1. The molecule has 0 aliphatic heterocycles. The highest BCUT2D eigenvalue weighted by molar-refractivity contribution is 5.89. The van der Waals surface area contributed by atoms with Crippen LogP contribution < -0.4 is 9.88 Å². The Morgan fingerprint density at radius 2 is 2.00 bits per heavy atom. The van der Waals surface area contributed by atoms with Crippen LogP contribution in [0.5, 0.6) is 0 Å². The Kier molecular flexibility index (Phi) is 4.45. The van der Waals surface area contributed by atoms with Crippen molar-refractivity contribution < 1.29 is 13.8 Å². The van der Waals surface area contributed by atoms with Gasteiger partial charge in [-0.1, -0.05) is 19.1 Å². The number of carbonyl (C=O) groups is 1. The first-order chi connectivity index (χ1) is 9.60. The number of rotatable bonds is 4. The molecule has 0 saturated heterocycles. The molecule has 0 fully saturated rings. The smallest absolute Gasteiger partial charge is 0.290 e. The van der Waals surface area contributed by atoms with E-state index in [1.807, 2.05) is 29.8 Å². The van der Waals surface area contributed by atoms with Gasteiger partial charge in [0.15, 0.2) is 11.9 Å². The number of amides is 1. The monoisotopic (exact) mass is 273 g/mol. The number of anilines is 1. The Morgan fingerprint density at radius 1 is 1.25 bits per heavy atom. The first-order valence-corrected chi connectivity index (χ1v) is 6.63. The SMILES string of the molecule is CCc1ccc(C)[n+](CC(=O)Nc2ccccc2F)c1. The van der Waals surface area contributed by atoms with Crippen LogP contribution >= 0.6 is 0 Å². The summed E-state index contributed by atoms with van der Waals surface area (Å²) in [5.74, 6) is -0.665. The van der Waals surface area contributed by atoms with E-state index in [0.29, 0.717) is 0 Å². The van der Waals surface area contributed by atoms with Gasteiger partial charge in [0.05, 0.1) is 5.69 Å². The zero-order chi connectivity index (χ0) is 14.5. The standard InChI is InChI=1S/C16H17FN2O/c1-3-13-9-8-12(2)19(10-13)11-16(20)18-15-7-5-4-6-14(15)17/h4-10H,3,11H2,1-2H3/p+1. The second-order valence-corrected chi connectivity index (χ2v) is 4.69. The molecule has 3 nitrogen and oxygen atoms in total. The van der Waals surface area contributed by atoms with Crippen LogP contribution in [-0.2, 0) is 17.8 Å². The lowest BCUT2D eigenvalue weighted by Gasteiger charge is -2.06. The van der Waals surface area contributed by atoms with E-state index >= 15 is 0 Å². The molecular formula is C16H18FN2O+. The van der Waals surface area contributed by atoms with Gasteiger partial charge in [-0.25, -0.2) is 4.39 Å². The highest BCUT2D eigenvalue weighted by Crippen LogP contribution is 2.11. The number of carbonyl (C=O) groups excluding carboxylic acids is 1. The number of aryl methyl sites for hydroxylation is 2. The number of halogens is 1. The third-order valence-corrected chi connectivity index (χ3v) is 3.18. The van der Waals surface area contributed by atoms with Gasteiger partial charge in [0.1, 0.15) is 5.82 Å². The second-order valence-electron chi connectivity index (χ2n) is 4.69. The van der Waals surface area contributed by atoms with Crippen molar-refractivity contribution in [3.63, 3.8) is 0 Å². The molecule has 1 aromatic heterocycles. The van der Waals surface area contributed by atoms with E-state index in [4.69, 9.17) is 0 Å². The lowest BCUT2D eigenvalue weighted by molar-refractivity contribution is -0.690. The van der Waals surface area contributed by atoms with Crippen molar-refractivity contribution in [3.05, 3.63) is 59.7 Å². The molecule has 20 heavy (non-hydrogen) atoms. The maximum absolute atomic E-state index is 13.5. The van der Waals surface area contributed by atoms with Gasteiger partial charge in [-0.2, -0.15) is 4.57 Å². The summed E-state index contributed by atoms with van der Waals surface area (Å²) < 4.78 is 15.3. The topological polar surface area (TPSA) is 33.0 Å². The molecule has 0 atom stereocenters. The van der Waals surface area contributed by atoms with Crippen LogP contribution in [0.1, 0.15) is 18.2 Å². The predicted molar refractivity (Wildman–Crippen MR) is 75.8 cm³/mol. The van der Waals surface area contributed by atoms with E-state index in [9.17, 15) is 9.18 Å². The highest BCUT2D eigenvalue weighted by atomic mass is 19.1. The lowest BCUT2D eigenvalue weighted by atomic mass is 10.2. The van der Waals surface area contributed by atoms with E-state index in [2.05, 4.69) is 12.2 Å². The molecule has 2 aromatic rings. The highest BCUT2D eigenvalue weighted by Gasteiger charge is 2.14. The molecule has 1 amide bonds. The Morgan fingerprint density at radius 3 is 2.70 bits per heavy atom. The summed E-state index contributed by atoms with van der Waals surface area (Å²) in [6, 6.07) is 10.2. The summed E-state index contributed by atoms with van der Waals surface area (Å²) in [5.41, 5.74) is 2.36. The molecule has 0 spiro atoms. The molecule has 0 bridgehead atoms. The summed E-state index contributed by atoms with van der Waals surface area (Å²) in [6.45, 7) is 4.18. The Bertz CT molecular complexity index is 626. The average molecular weight is 273 g/mol. The van der Waals surface area contributed by atoms with Crippen LogP contribution in [0.15, 0.2) is 42.6 Å². The van der Waals surface area contributed by atoms with Crippen molar-refractivity contribution in [2.24, 2.45) is 0 Å². The average Bonchev–Trinajstić information content (AvgIpc) is 2.44. The Labute approximate surface area is 118 Å². The fourth-order valence-corrected chi connectivity index (χ4v) is 1.95. The second kappa shape index (κ2) is 6.28. The van der Waals surface area contributed by atoms with Gasteiger partial charge in [0, 0.05) is 18.6 Å². The first-order valence-electron chi connectivity index (χ1n) is 6.63. The number of hydrogen-bond donors (Lipinski definition) is 1. The van der Waals surface area contributed by atoms with Gasteiger partial charge >= 0.3 is 0 Å². The van der Waals surface area contributed by atoms with Crippen molar-refractivity contribution in [2.75, 3.05) is 5.32 Å². The zero-order valence-electron chi connectivity index (χ0n) is 11.7. The quantitative estimate of drug-likeness (QED) is 0.853. The maximum atomic E-state index is 13.5. The maximum Gasteiger partial charge on any atom is 0.290 e. The minimum Gasteiger partial charge on any atom is -0.318 e. The van der Waals surface area contributed by atoms with Crippen molar-refractivity contribution in [2.45, 2.75) is 26.8 Å². The minimum atomic E-state index is -0.426. The van der Waals surface area contributed by atoms with Crippen molar-refractivity contribution in [1.82, 2.24) is 0 Å². The molecular weight excluding hydrogens is 255 g/mol. The Balaban J connectivity index is 2.10. The van der Waals surface area contributed by atoms with Gasteiger partial charge in [0.25, 0.3) is 5.91 Å². The molecule has 0 saturated carbocycles. The van der Waals surface area contributed by atoms with Crippen LogP contribution in [-0.4, -0.2) is 5.91 Å². The third kappa shape index (κ3) is 3.41. The molecule has 4 heteroatoms. The summed E-state index contributed by atoms with van der Waals surface area (Å²) in [4.78, 5) is 12.0. The van der Waals surface area contributed by atoms with Gasteiger partial charge in [-0.05, 0) is 24.6 Å². The molecule has 0 aliphatic carbocycles. The van der Waals surface area contributed by atoms with Gasteiger partial charge in [-0.3, -0.25) is 4.79 Å². The van der Waals surface area contributed by atoms with Crippen LogP contribution in [0.2, 0.25) is 0 Å². The van der Waals surface area contributed by atoms with E-state index in [0.717, 1.165) is 17.7 Å². The van der Waals surface area contributed by atoms with E-state index < -0.39 is 5.82 Å². The van der Waals surface area contributed by atoms with Crippen LogP contribution in [0.25, 0.3) is 0 Å². The number of pyridine rings is 1. The number of nitrogens with zero attached hydrogens (tertiary/aromatic N) is 1. The summed E-state index contributed by atoms with van der Waals surface area (Å²) in [5, 5.41) is 2.59. The molecule has 1 aromatic carbocycles. The number of nitrogens with one attached hydrogen (secondary N) is 1. The van der Waals surface area contributed by atoms with Crippen LogP contribution in [0.4, 0.5) is 10.1 Å². The largest absolute Gasteiger partial charge is 0.318 e. The summed E-state index contributed by atoms with van der Waals surface area (Å²) >= 11 is 0. The zero-order valence-corrected chi connectivity index (χ0v) is 11.7. The number of para-hydroxylation sites is 1. The molecule has 0 unspecified atom stereocenters. The number of benzene rings is 1. The van der Waals surface area contributed by atoms with E-state index in [-0.39, 0.29) is 18.1 Å². The third-order valence-electron chi connectivity index (χ3n) is 3.18. The van der Waals surface area contributed by atoms with Gasteiger partial charge in [0.2, 0.25) is 6.54 Å². The van der Waals surface area contributed by atoms with E-state index in [1.54, 1.807) is 18.2 Å². The predicted octanol–water partition coefficient (Wildman–Crippen LogP) is 2.62. The molecule has 1 heterocycles. The minimum absolute atomic E-state index is 0.175. The van der Waals surface area contributed by atoms with Crippen molar-refractivity contribution >= 4 is 11.6 Å². The van der Waals surface area contributed by atoms with Crippen LogP contribution in [0.3, 0.4) is 0 Å². The lowest BCUT2D eigenvalue weighted by Crippen LogP contribution is -2.43. The van der Waals surface area contributed by atoms with E-state index in [1.165, 1.54) is 6.07 Å². The van der Waals surface area contributed by atoms with Gasteiger partial charge < -0.3 is 5.32 Å². The fourth-order valence-electron chi connectivity index (χ4n) is 1.95. The number of hydrogen-bond acceptors (Lipinski definition) is 1. The molecule has 1 N–H and O–H groups in total. The van der Waals surface area contributed by atoms with Crippen LogP contribution in [0, 0.1) is 12.7 Å². The summed E-state index contributed by atoms with van der Waals surface area (Å²) in [6.07, 6.45) is 2.87.